The van der Waals surface area contributed by atoms with Crippen LogP contribution in [0.2, 0.25) is 0 Å². The van der Waals surface area contributed by atoms with Gasteiger partial charge >= 0.3 is 5.69 Å². The Morgan fingerprint density at radius 2 is 1.77 bits per heavy atom. The Morgan fingerprint density at radius 3 is 2.59 bits per heavy atom. The second kappa shape index (κ2) is 13.2. The summed E-state index contributed by atoms with van der Waals surface area (Å²) in [5.74, 6) is -0.286. The molecule has 0 bridgehead atoms. The normalized spacial score (nSPS) is 25.2. The van der Waals surface area contributed by atoms with Crippen LogP contribution < -0.4 is 21.6 Å². The summed E-state index contributed by atoms with van der Waals surface area (Å²) < 4.78 is 5.60. The maximum Gasteiger partial charge on any atom is 0.323 e. The molecule has 2 aromatic carbocycles. The van der Waals surface area contributed by atoms with E-state index in [1.54, 1.807) is 18.2 Å². The molecule has 0 saturated carbocycles. The molecule has 0 unspecified atom stereocenters. The molecule has 5 N–H and O–H groups in total. The number of H-pyrrole nitrogens is 2. The molecule has 2 saturated heterocycles. The second-order valence-corrected chi connectivity index (χ2v) is 12.3. The SMILES string of the molecule is O=C(CN1CC[C@H]2NC(=O)[C@@H](Cc3ccccc3)NC(=O)C3(C/C=C/C[C@H]2C1)CCOCC3)Nc1ccc2[nH]c(=O)[nH]c2c1. The monoisotopic (exact) mass is 600 g/mol. The van der Waals surface area contributed by atoms with Crippen LogP contribution in [0.4, 0.5) is 5.69 Å². The maximum atomic E-state index is 13.8. The van der Waals surface area contributed by atoms with Crippen molar-refractivity contribution in [3.05, 3.63) is 76.7 Å². The van der Waals surface area contributed by atoms with E-state index in [9.17, 15) is 19.2 Å². The Kier molecular flexibility index (Phi) is 8.94. The minimum atomic E-state index is -0.690. The maximum absolute atomic E-state index is 13.8. The van der Waals surface area contributed by atoms with Crippen LogP contribution in [-0.2, 0) is 25.5 Å². The zero-order valence-corrected chi connectivity index (χ0v) is 24.8. The van der Waals surface area contributed by atoms with E-state index in [0.717, 1.165) is 12.0 Å². The van der Waals surface area contributed by atoms with Gasteiger partial charge in [0, 0.05) is 44.5 Å². The number of aromatic nitrogens is 2. The fourth-order valence-electron chi connectivity index (χ4n) is 6.71. The number of carbonyl (C=O) groups is 3. The number of nitrogens with one attached hydrogen (secondary N) is 5. The van der Waals surface area contributed by atoms with E-state index in [1.807, 2.05) is 30.3 Å². The lowest BCUT2D eigenvalue weighted by Gasteiger charge is -2.40. The molecule has 3 aromatic rings. The van der Waals surface area contributed by atoms with E-state index in [-0.39, 0.29) is 41.9 Å². The largest absolute Gasteiger partial charge is 0.381 e. The van der Waals surface area contributed by atoms with Gasteiger partial charge in [0.05, 0.1) is 23.0 Å². The van der Waals surface area contributed by atoms with E-state index in [2.05, 4.69) is 43.0 Å². The topological polar surface area (TPSA) is 148 Å². The average molecular weight is 601 g/mol. The number of rotatable bonds is 5. The van der Waals surface area contributed by atoms with Gasteiger partial charge < -0.3 is 30.7 Å². The molecule has 2 fully saturated rings. The van der Waals surface area contributed by atoms with Crippen LogP contribution in [0.25, 0.3) is 11.0 Å². The summed E-state index contributed by atoms with van der Waals surface area (Å²) in [5, 5.41) is 9.36. The number of aromatic amines is 2. The second-order valence-electron chi connectivity index (χ2n) is 12.3. The number of ether oxygens (including phenoxy) is 1. The Labute approximate surface area is 255 Å². The van der Waals surface area contributed by atoms with E-state index in [4.69, 9.17) is 4.74 Å². The Balaban J connectivity index is 1.16. The number of piperidine rings is 1. The van der Waals surface area contributed by atoms with Gasteiger partial charge in [0.15, 0.2) is 0 Å². The van der Waals surface area contributed by atoms with Crippen molar-refractivity contribution < 1.29 is 19.1 Å². The first-order chi connectivity index (χ1) is 21.4. The summed E-state index contributed by atoms with van der Waals surface area (Å²) in [4.78, 5) is 59.6. The number of allylic oxidation sites excluding steroid dienone is 2. The van der Waals surface area contributed by atoms with Gasteiger partial charge in [-0.1, -0.05) is 42.5 Å². The predicted octanol–water partition coefficient (Wildman–Crippen LogP) is 2.48. The number of hydrogen-bond acceptors (Lipinski definition) is 6. The number of anilines is 1. The van der Waals surface area contributed by atoms with Crippen molar-refractivity contribution in [1.29, 1.82) is 0 Å². The Bertz CT molecular complexity index is 1570. The van der Waals surface area contributed by atoms with E-state index < -0.39 is 11.5 Å². The molecule has 3 aliphatic heterocycles. The fraction of sp³-hybridized carbons (Fsp3) is 0.455. The van der Waals surface area contributed by atoms with Crippen LogP contribution >= 0.6 is 0 Å². The molecule has 232 valence electrons. The molecular weight excluding hydrogens is 560 g/mol. The van der Waals surface area contributed by atoms with Crippen LogP contribution in [0, 0.1) is 11.3 Å². The molecule has 4 heterocycles. The smallest absolute Gasteiger partial charge is 0.323 e. The zero-order chi connectivity index (χ0) is 30.5. The highest BCUT2D eigenvalue weighted by molar-refractivity contribution is 5.94. The molecule has 6 rings (SSSR count). The highest BCUT2D eigenvalue weighted by atomic mass is 16.5. The molecule has 11 nitrogen and oxygen atoms in total. The van der Waals surface area contributed by atoms with Crippen LogP contribution in [-0.4, -0.2) is 77.5 Å². The van der Waals surface area contributed by atoms with Crippen LogP contribution in [0.1, 0.15) is 37.7 Å². The third-order valence-electron chi connectivity index (χ3n) is 9.26. The molecule has 0 aliphatic carbocycles. The van der Waals surface area contributed by atoms with Crippen molar-refractivity contribution in [2.24, 2.45) is 11.3 Å². The van der Waals surface area contributed by atoms with Crippen LogP contribution in [0.5, 0.6) is 0 Å². The predicted molar refractivity (Wildman–Crippen MR) is 167 cm³/mol. The molecule has 1 aromatic heterocycles. The lowest BCUT2D eigenvalue weighted by Crippen LogP contribution is -2.58. The number of imidazole rings is 1. The summed E-state index contributed by atoms with van der Waals surface area (Å²) in [7, 11) is 0. The van der Waals surface area contributed by atoms with Crippen molar-refractivity contribution in [3.8, 4) is 0 Å². The van der Waals surface area contributed by atoms with Crippen molar-refractivity contribution in [2.45, 2.75) is 50.6 Å². The number of nitrogens with zero attached hydrogens (tertiary/aromatic N) is 1. The van der Waals surface area contributed by atoms with Gasteiger partial charge in [-0.3, -0.25) is 19.3 Å². The average Bonchev–Trinajstić information content (AvgIpc) is 3.39. The van der Waals surface area contributed by atoms with Crippen molar-refractivity contribution >= 4 is 34.4 Å². The van der Waals surface area contributed by atoms with Gasteiger partial charge in [0.1, 0.15) is 6.04 Å². The van der Waals surface area contributed by atoms with Gasteiger partial charge in [0.25, 0.3) is 0 Å². The third kappa shape index (κ3) is 6.95. The first kappa shape index (κ1) is 29.8. The highest BCUT2D eigenvalue weighted by Crippen LogP contribution is 2.36. The van der Waals surface area contributed by atoms with Crippen LogP contribution in [0.3, 0.4) is 0 Å². The van der Waals surface area contributed by atoms with E-state index in [1.165, 1.54) is 0 Å². The van der Waals surface area contributed by atoms with Crippen molar-refractivity contribution in [2.75, 3.05) is 38.2 Å². The Hall–Kier alpha value is -4.22. The third-order valence-corrected chi connectivity index (χ3v) is 9.26. The number of benzene rings is 2. The minimum absolute atomic E-state index is 0.0778. The van der Waals surface area contributed by atoms with Crippen molar-refractivity contribution in [3.63, 3.8) is 0 Å². The molecule has 44 heavy (non-hydrogen) atoms. The van der Waals surface area contributed by atoms with E-state index in [0.29, 0.717) is 75.1 Å². The molecule has 11 heteroatoms. The number of likely N-dealkylation sites (tertiary alicyclic amines) is 1. The van der Waals surface area contributed by atoms with E-state index >= 15 is 0 Å². The van der Waals surface area contributed by atoms with Gasteiger partial charge in [-0.05, 0) is 61.8 Å². The molecule has 3 aliphatic rings. The fourth-order valence-corrected chi connectivity index (χ4v) is 6.71. The molecule has 0 radical (unpaired) electrons. The van der Waals surface area contributed by atoms with Gasteiger partial charge in [-0.2, -0.15) is 0 Å². The van der Waals surface area contributed by atoms with Gasteiger partial charge in [0.2, 0.25) is 17.7 Å². The van der Waals surface area contributed by atoms with Crippen LogP contribution in [0.15, 0.2) is 65.5 Å². The summed E-state index contributed by atoms with van der Waals surface area (Å²) in [6.07, 6.45) is 7.92. The number of hydrogen-bond donors (Lipinski definition) is 5. The minimum Gasteiger partial charge on any atom is -0.381 e. The summed E-state index contributed by atoms with van der Waals surface area (Å²) in [6, 6.07) is 14.3. The Morgan fingerprint density at radius 1 is 0.977 bits per heavy atom. The molecule has 3 amide bonds. The molecule has 3 atom stereocenters. The quantitative estimate of drug-likeness (QED) is 0.284. The lowest BCUT2D eigenvalue weighted by molar-refractivity contribution is -0.140. The van der Waals surface area contributed by atoms with Gasteiger partial charge in [-0.15, -0.1) is 0 Å². The first-order valence-corrected chi connectivity index (χ1v) is 15.5. The molecular formula is C33H40N6O5. The van der Waals surface area contributed by atoms with Crippen molar-refractivity contribution in [1.82, 2.24) is 25.5 Å². The summed E-state index contributed by atoms with van der Waals surface area (Å²) >= 11 is 0. The summed E-state index contributed by atoms with van der Waals surface area (Å²) in [6.45, 7) is 2.58. The zero-order valence-electron chi connectivity index (χ0n) is 24.8. The number of amides is 3. The summed E-state index contributed by atoms with van der Waals surface area (Å²) in [5.41, 5.74) is 2.02. The first-order valence-electron chi connectivity index (χ1n) is 15.5. The highest BCUT2D eigenvalue weighted by Gasteiger charge is 2.41. The standard InChI is InChI=1S/C33H40N6O5/c40-29(34-24-9-10-26-27(19-24)38-32(43)37-26)21-39-15-11-25-23(20-39)8-4-5-12-33(13-16-44-17-14-33)31(42)36-28(30(41)35-25)18-22-6-2-1-3-7-22/h1-7,9-10,19,23,25,28H,8,11-18,20-21H2,(H,34,40)(H,35,41)(H,36,42)(H2,37,38,43)/b5-4+/t23-,25+,28+/m0/s1. The van der Waals surface area contributed by atoms with Gasteiger partial charge in [-0.25, -0.2) is 4.79 Å². The molecule has 1 spiro atoms. The number of carbonyl (C=O) groups excluding carboxylic acids is 3. The lowest BCUT2D eigenvalue weighted by atomic mass is 9.75. The number of fused-ring (bicyclic) bond motifs is 2.